The Morgan fingerprint density at radius 2 is 1.88 bits per heavy atom. The van der Waals surface area contributed by atoms with Crippen molar-refractivity contribution >= 4 is 34.4 Å². The van der Waals surface area contributed by atoms with E-state index in [0.717, 1.165) is 6.54 Å². The maximum absolute atomic E-state index is 3.59. The second-order valence-corrected chi connectivity index (χ2v) is 7.38. The van der Waals surface area contributed by atoms with E-state index in [0.29, 0.717) is 10.8 Å². The monoisotopic (exact) mass is 349 g/mol. The van der Waals surface area contributed by atoms with Crippen LogP contribution in [0.3, 0.4) is 0 Å². The fraction of sp³-hybridized carbons (Fsp3) is 0.538. The van der Waals surface area contributed by atoms with Crippen molar-refractivity contribution in [1.29, 1.82) is 0 Å². The van der Waals surface area contributed by atoms with E-state index in [4.69, 9.17) is 0 Å². The lowest BCUT2D eigenvalue weighted by Gasteiger charge is -2.25. The van der Waals surface area contributed by atoms with Crippen LogP contribution >= 0.6 is 34.4 Å². The Hall–Kier alpha value is 0.260. The van der Waals surface area contributed by atoms with Gasteiger partial charge in [-0.15, -0.1) is 0 Å². The molecule has 0 heterocycles. The number of nitrogens with one attached hydrogen (secondary N) is 1. The number of rotatable bonds is 5. The van der Waals surface area contributed by atoms with Gasteiger partial charge in [-0.25, -0.2) is 0 Å². The van der Waals surface area contributed by atoms with E-state index < -0.39 is 0 Å². The smallest absolute Gasteiger partial charge is 0.0292 e. The molecule has 16 heavy (non-hydrogen) atoms. The van der Waals surface area contributed by atoms with Crippen molar-refractivity contribution in [3.05, 3.63) is 33.4 Å². The van der Waals surface area contributed by atoms with Gasteiger partial charge in [0.2, 0.25) is 0 Å². The molecule has 0 saturated carbocycles. The van der Waals surface area contributed by atoms with Crippen molar-refractivity contribution < 1.29 is 0 Å². The van der Waals surface area contributed by atoms with Crippen molar-refractivity contribution in [2.75, 3.05) is 12.8 Å². The molecule has 0 aromatic heterocycles. The number of hydrogen-bond donors (Lipinski definition) is 1. The summed E-state index contributed by atoms with van der Waals surface area (Å²) in [5.41, 5.74) is 1.36. The highest BCUT2D eigenvalue weighted by Crippen LogP contribution is 2.21. The van der Waals surface area contributed by atoms with Gasteiger partial charge in [0.25, 0.3) is 0 Å². The van der Waals surface area contributed by atoms with Crippen LogP contribution in [0.5, 0.6) is 0 Å². The van der Waals surface area contributed by atoms with Crippen molar-refractivity contribution in [2.24, 2.45) is 0 Å². The van der Waals surface area contributed by atoms with Crippen LogP contribution in [0.4, 0.5) is 0 Å². The van der Waals surface area contributed by atoms with E-state index in [-0.39, 0.29) is 0 Å². The summed E-state index contributed by atoms with van der Waals surface area (Å²) in [6, 6.07) is 9.14. The van der Waals surface area contributed by atoms with Gasteiger partial charge in [0.15, 0.2) is 0 Å². The molecule has 0 radical (unpaired) electrons. The number of hydrogen-bond acceptors (Lipinski definition) is 2. The third-order valence-electron chi connectivity index (χ3n) is 2.76. The van der Waals surface area contributed by atoms with Gasteiger partial charge in [0.1, 0.15) is 0 Å². The molecule has 0 aliphatic carbocycles. The van der Waals surface area contributed by atoms with Gasteiger partial charge in [-0.3, -0.25) is 0 Å². The highest BCUT2D eigenvalue weighted by Gasteiger charge is 2.16. The molecule has 1 atom stereocenters. The third-order valence-corrected chi connectivity index (χ3v) is 4.73. The molecule has 1 rings (SSSR count). The van der Waals surface area contributed by atoms with E-state index >= 15 is 0 Å². The third kappa shape index (κ3) is 4.63. The second-order valence-electron chi connectivity index (χ2n) is 4.62. The van der Waals surface area contributed by atoms with Crippen LogP contribution in [-0.4, -0.2) is 17.5 Å². The molecule has 0 bridgehead atoms. The van der Waals surface area contributed by atoms with E-state index in [2.05, 4.69) is 79.2 Å². The Kier molecular flexibility index (Phi) is 5.61. The summed E-state index contributed by atoms with van der Waals surface area (Å²) in [4.78, 5) is 0. The van der Waals surface area contributed by atoms with Gasteiger partial charge in [-0.1, -0.05) is 12.1 Å². The second kappa shape index (κ2) is 6.26. The molecule has 1 N–H and O–H groups in total. The van der Waals surface area contributed by atoms with Crippen LogP contribution in [0, 0.1) is 3.57 Å². The van der Waals surface area contributed by atoms with E-state index in [1.807, 2.05) is 11.8 Å². The van der Waals surface area contributed by atoms with Gasteiger partial charge in [-0.2, -0.15) is 11.8 Å². The minimum atomic E-state index is 0.303. The maximum atomic E-state index is 3.59. The quantitative estimate of drug-likeness (QED) is 0.804. The lowest BCUT2D eigenvalue weighted by atomic mass is 10.1. The molecule has 90 valence electrons. The standard InChI is InChI=1S/C13H20INS/c1-10(15-9-13(2,3)16-4)11-5-7-12(14)8-6-11/h5-8,10,15H,9H2,1-4H3. The van der Waals surface area contributed by atoms with Gasteiger partial charge >= 0.3 is 0 Å². The van der Waals surface area contributed by atoms with Gasteiger partial charge in [0, 0.05) is 20.9 Å². The zero-order valence-corrected chi connectivity index (χ0v) is 13.4. The summed E-state index contributed by atoms with van der Waals surface area (Å²) >= 11 is 4.24. The number of thioether (sulfide) groups is 1. The highest BCUT2D eigenvalue weighted by atomic mass is 127. The zero-order chi connectivity index (χ0) is 12.2. The molecule has 0 aliphatic rings. The van der Waals surface area contributed by atoms with Crippen LogP contribution in [0.25, 0.3) is 0 Å². The maximum Gasteiger partial charge on any atom is 0.0292 e. The van der Waals surface area contributed by atoms with Crippen LogP contribution in [0.15, 0.2) is 24.3 Å². The normalized spacial score (nSPS) is 13.8. The first-order valence-electron chi connectivity index (χ1n) is 5.48. The molecule has 1 aromatic rings. The average Bonchev–Trinajstić information content (AvgIpc) is 2.27. The fourth-order valence-corrected chi connectivity index (χ4v) is 1.93. The molecule has 0 aliphatic heterocycles. The van der Waals surface area contributed by atoms with Crippen LogP contribution in [0.1, 0.15) is 32.4 Å². The summed E-state index contributed by atoms with van der Waals surface area (Å²) in [6.45, 7) is 7.79. The first-order chi connectivity index (χ1) is 7.44. The van der Waals surface area contributed by atoms with Crippen molar-refractivity contribution in [2.45, 2.75) is 31.6 Å². The topological polar surface area (TPSA) is 12.0 Å². The SMILES string of the molecule is CSC(C)(C)CNC(C)c1ccc(I)cc1. The predicted octanol–water partition coefficient (Wildman–Crippen LogP) is 4.08. The van der Waals surface area contributed by atoms with Crippen molar-refractivity contribution in [1.82, 2.24) is 5.32 Å². The number of halogens is 1. The average molecular weight is 349 g/mol. The molecule has 0 saturated heterocycles. The molecule has 0 fully saturated rings. The van der Waals surface area contributed by atoms with Gasteiger partial charge in [-0.05, 0) is 67.3 Å². The molecular formula is C13H20INS. The number of benzene rings is 1. The lowest BCUT2D eigenvalue weighted by Crippen LogP contribution is -2.33. The van der Waals surface area contributed by atoms with Gasteiger partial charge < -0.3 is 5.32 Å². The molecule has 1 aromatic carbocycles. The fourth-order valence-electron chi connectivity index (χ4n) is 1.34. The Labute approximate surface area is 117 Å². The highest BCUT2D eigenvalue weighted by molar-refractivity contribution is 14.1. The van der Waals surface area contributed by atoms with E-state index in [1.54, 1.807) is 0 Å². The Morgan fingerprint density at radius 3 is 2.38 bits per heavy atom. The van der Waals surface area contributed by atoms with E-state index in [9.17, 15) is 0 Å². The first kappa shape index (κ1) is 14.3. The van der Waals surface area contributed by atoms with Crippen molar-refractivity contribution in [3.8, 4) is 0 Å². The predicted molar refractivity (Wildman–Crippen MR) is 83.2 cm³/mol. The molecule has 1 unspecified atom stereocenters. The summed E-state index contributed by atoms with van der Waals surface area (Å²) in [6.07, 6.45) is 2.16. The van der Waals surface area contributed by atoms with E-state index in [1.165, 1.54) is 9.13 Å². The summed E-state index contributed by atoms with van der Waals surface area (Å²) in [5.74, 6) is 0. The van der Waals surface area contributed by atoms with Crippen molar-refractivity contribution in [3.63, 3.8) is 0 Å². The zero-order valence-electron chi connectivity index (χ0n) is 10.4. The van der Waals surface area contributed by atoms with Crippen LogP contribution < -0.4 is 5.32 Å². The lowest BCUT2D eigenvalue weighted by molar-refractivity contribution is 0.522. The minimum absolute atomic E-state index is 0.303. The Morgan fingerprint density at radius 1 is 1.31 bits per heavy atom. The Bertz CT molecular complexity index is 321. The first-order valence-corrected chi connectivity index (χ1v) is 7.79. The van der Waals surface area contributed by atoms with Crippen LogP contribution in [-0.2, 0) is 0 Å². The largest absolute Gasteiger partial charge is 0.309 e. The summed E-state index contributed by atoms with van der Waals surface area (Å²) in [7, 11) is 0. The molecule has 0 amide bonds. The minimum Gasteiger partial charge on any atom is -0.309 e. The molecule has 1 nitrogen and oxygen atoms in total. The van der Waals surface area contributed by atoms with Crippen LogP contribution in [0.2, 0.25) is 0 Å². The Balaban J connectivity index is 2.53. The summed E-state index contributed by atoms with van der Waals surface area (Å²) in [5, 5.41) is 3.59. The summed E-state index contributed by atoms with van der Waals surface area (Å²) < 4.78 is 1.59. The molecule has 3 heteroatoms. The molecular weight excluding hydrogens is 329 g/mol. The van der Waals surface area contributed by atoms with Gasteiger partial charge in [0.05, 0.1) is 0 Å². The molecule has 0 spiro atoms.